The van der Waals surface area contributed by atoms with Gasteiger partial charge in [-0.2, -0.15) is 5.26 Å². The predicted molar refractivity (Wildman–Crippen MR) is 72.1 cm³/mol. The molecule has 0 aliphatic rings. The average Bonchev–Trinajstić information content (AvgIpc) is 2.30. The predicted octanol–water partition coefficient (Wildman–Crippen LogP) is 3.00. The van der Waals surface area contributed by atoms with E-state index >= 15 is 0 Å². The van der Waals surface area contributed by atoms with Crippen LogP contribution in [0.15, 0.2) is 12.1 Å². The summed E-state index contributed by atoms with van der Waals surface area (Å²) in [6.07, 6.45) is 1.01. The van der Waals surface area contributed by atoms with Crippen LogP contribution in [0.3, 0.4) is 0 Å². The van der Waals surface area contributed by atoms with Gasteiger partial charge >= 0.3 is 0 Å². The monoisotopic (exact) mass is 230 g/mol. The lowest BCUT2D eigenvalue weighted by Gasteiger charge is -2.19. The Labute approximate surface area is 105 Å². The molecule has 0 bridgehead atoms. The first-order valence-electron chi connectivity index (χ1n) is 6.12. The van der Waals surface area contributed by atoms with Gasteiger partial charge in [0, 0.05) is 6.54 Å². The minimum atomic E-state index is -0.0122. The fraction of sp³-hybridized carbons (Fsp3) is 0.533. The van der Waals surface area contributed by atoms with Gasteiger partial charge in [-0.1, -0.05) is 12.1 Å². The molecule has 0 amide bonds. The Bertz CT molecular complexity index is 429. The lowest BCUT2D eigenvalue weighted by Crippen LogP contribution is -2.29. The molecule has 0 aliphatic carbocycles. The van der Waals surface area contributed by atoms with Crippen LogP contribution in [-0.2, 0) is 6.42 Å². The van der Waals surface area contributed by atoms with Gasteiger partial charge < -0.3 is 0 Å². The van der Waals surface area contributed by atoms with Crippen LogP contribution in [0.2, 0.25) is 0 Å². The van der Waals surface area contributed by atoms with Crippen molar-refractivity contribution in [3.63, 3.8) is 0 Å². The van der Waals surface area contributed by atoms with E-state index in [2.05, 4.69) is 43.9 Å². The Morgan fingerprint density at radius 1 is 1.18 bits per heavy atom. The van der Waals surface area contributed by atoms with Crippen molar-refractivity contribution in [1.82, 2.24) is 4.90 Å². The summed E-state index contributed by atoms with van der Waals surface area (Å²) >= 11 is 0. The number of rotatable bonds is 4. The second kappa shape index (κ2) is 5.84. The molecule has 2 heteroatoms. The van der Waals surface area contributed by atoms with Crippen LogP contribution in [0.25, 0.3) is 0 Å². The summed E-state index contributed by atoms with van der Waals surface area (Å²) in [6, 6.07) is 6.77. The second-order valence-electron chi connectivity index (χ2n) is 4.90. The maximum Gasteiger partial charge on any atom is 0.0946 e. The first-order valence-corrected chi connectivity index (χ1v) is 6.12. The van der Waals surface area contributed by atoms with Crippen LogP contribution in [0.4, 0.5) is 0 Å². The zero-order valence-corrected chi connectivity index (χ0v) is 11.5. The highest BCUT2D eigenvalue weighted by Gasteiger charge is 2.08. The van der Waals surface area contributed by atoms with Crippen LogP contribution in [0.1, 0.15) is 29.2 Å². The Kier molecular flexibility index (Phi) is 4.72. The van der Waals surface area contributed by atoms with Crippen LogP contribution in [0.5, 0.6) is 0 Å². The first kappa shape index (κ1) is 13.7. The maximum absolute atomic E-state index is 8.85. The van der Waals surface area contributed by atoms with Gasteiger partial charge in [0.25, 0.3) is 0 Å². The molecule has 0 fully saturated rings. The van der Waals surface area contributed by atoms with E-state index in [-0.39, 0.29) is 6.04 Å². The zero-order chi connectivity index (χ0) is 13.0. The molecule has 1 aromatic rings. The highest BCUT2D eigenvalue weighted by molar-refractivity contribution is 5.36. The third-order valence-electron chi connectivity index (χ3n) is 3.53. The van der Waals surface area contributed by atoms with Gasteiger partial charge in [0.05, 0.1) is 12.1 Å². The van der Waals surface area contributed by atoms with Crippen molar-refractivity contribution in [2.24, 2.45) is 0 Å². The van der Waals surface area contributed by atoms with Gasteiger partial charge in [-0.25, -0.2) is 0 Å². The number of likely N-dealkylation sites (N-methyl/N-ethyl adjacent to an activating group) is 1. The third-order valence-corrected chi connectivity index (χ3v) is 3.53. The summed E-state index contributed by atoms with van der Waals surface area (Å²) < 4.78 is 0. The molecule has 92 valence electrons. The summed E-state index contributed by atoms with van der Waals surface area (Å²) in [5, 5.41) is 8.85. The van der Waals surface area contributed by atoms with E-state index in [0.717, 1.165) is 13.0 Å². The van der Waals surface area contributed by atoms with Gasteiger partial charge in [-0.05, 0) is 63.4 Å². The molecule has 2 nitrogen and oxygen atoms in total. The van der Waals surface area contributed by atoms with Gasteiger partial charge in [-0.15, -0.1) is 0 Å². The maximum atomic E-state index is 8.85. The Morgan fingerprint density at radius 2 is 1.76 bits per heavy atom. The smallest absolute Gasteiger partial charge is 0.0946 e. The number of aryl methyl sites for hydroxylation is 3. The summed E-state index contributed by atoms with van der Waals surface area (Å²) in [6.45, 7) is 9.33. The summed E-state index contributed by atoms with van der Waals surface area (Å²) in [5.74, 6) is 0. The topological polar surface area (TPSA) is 27.0 Å². The summed E-state index contributed by atoms with van der Waals surface area (Å²) in [7, 11) is 2.00. The van der Waals surface area contributed by atoms with E-state index in [1.54, 1.807) is 0 Å². The van der Waals surface area contributed by atoms with E-state index in [4.69, 9.17) is 5.26 Å². The fourth-order valence-corrected chi connectivity index (χ4v) is 1.88. The van der Waals surface area contributed by atoms with E-state index in [1.807, 2.05) is 14.0 Å². The minimum absolute atomic E-state index is 0.0122. The molecule has 0 N–H and O–H groups in total. The fourth-order valence-electron chi connectivity index (χ4n) is 1.88. The summed E-state index contributed by atoms with van der Waals surface area (Å²) in [5.41, 5.74) is 5.45. The number of hydrogen-bond acceptors (Lipinski definition) is 2. The van der Waals surface area contributed by atoms with Gasteiger partial charge in [0.15, 0.2) is 0 Å². The molecule has 0 saturated carbocycles. The second-order valence-corrected chi connectivity index (χ2v) is 4.90. The molecule has 0 radical (unpaired) electrons. The molecule has 1 aromatic carbocycles. The van der Waals surface area contributed by atoms with Crippen molar-refractivity contribution in [2.45, 2.75) is 40.2 Å². The Balaban J connectivity index is 2.70. The van der Waals surface area contributed by atoms with Crippen molar-refractivity contribution in [2.75, 3.05) is 13.6 Å². The van der Waals surface area contributed by atoms with E-state index in [1.165, 1.54) is 22.3 Å². The average molecular weight is 230 g/mol. The van der Waals surface area contributed by atoms with Crippen molar-refractivity contribution < 1.29 is 0 Å². The van der Waals surface area contributed by atoms with Gasteiger partial charge in [0.1, 0.15) is 0 Å². The number of nitrogens with zero attached hydrogens (tertiary/aromatic N) is 2. The van der Waals surface area contributed by atoms with Crippen LogP contribution < -0.4 is 0 Å². The molecule has 0 aliphatic heterocycles. The van der Waals surface area contributed by atoms with Gasteiger partial charge in [0.2, 0.25) is 0 Å². The van der Waals surface area contributed by atoms with Crippen molar-refractivity contribution in [3.8, 4) is 6.07 Å². The lowest BCUT2D eigenvalue weighted by atomic mass is 9.98. The zero-order valence-electron chi connectivity index (χ0n) is 11.5. The third kappa shape index (κ3) is 3.57. The number of hydrogen-bond donors (Lipinski definition) is 0. The van der Waals surface area contributed by atoms with E-state index < -0.39 is 0 Å². The lowest BCUT2D eigenvalue weighted by molar-refractivity contribution is 0.306. The molecule has 17 heavy (non-hydrogen) atoms. The molecule has 0 aromatic heterocycles. The number of nitriles is 1. The molecule has 1 atom stereocenters. The Hall–Kier alpha value is -1.33. The molecule has 0 heterocycles. The molecule has 0 spiro atoms. The molecule has 1 rings (SSSR count). The van der Waals surface area contributed by atoms with Crippen LogP contribution >= 0.6 is 0 Å². The minimum Gasteiger partial charge on any atom is -0.291 e. The normalized spacial score (nSPS) is 12.5. The summed E-state index contributed by atoms with van der Waals surface area (Å²) in [4.78, 5) is 2.09. The SMILES string of the molecule is Cc1cc(C)c(CCN(C)C(C)C#N)cc1C. The number of benzene rings is 1. The quantitative estimate of drug-likeness (QED) is 0.795. The highest BCUT2D eigenvalue weighted by atomic mass is 15.1. The Morgan fingerprint density at radius 3 is 2.35 bits per heavy atom. The van der Waals surface area contributed by atoms with Crippen molar-refractivity contribution in [1.29, 1.82) is 5.26 Å². The molecular weight excluding hydrogens is 208 g/mol. The molecule has 0 saturated heterocycles. The van der Waals surface area contributed by atoms with Crippen LogP contribution in [0, 0.1) is 32.1 Å². The van der Waals surface area contributed by atoms with E-state index in [0.29, 0.717) is 0 Å². The van der Waals surface area contributed by atoms with Crippen molar-refractivity contribution in [3.05, 3.63) is 34.4 Å². The van der Waals surface area contributed by atoms with E-state index in [9.17, 15) is 0 Å². The van der Waals surface area contributed by atoms with Gasteiger partial charge in [-0.3, -0.25) is 4.90 Å². The molecule has 1 unspecified atom stereocenters. The largest absolute Gasteiger partial charge is 0.291 e. The molecular formula is C15H22N2. The highest BCUT2D eigenvalue weighted by Crippen LogP contribution is 2.16. The van der Waals surface area contributed by atoms with Crippen molar-refractivity contribution >= 4 is 0 Å². The first-order chi connectivity index (χ1) is 7.95. The van der Waals surface area contributed by atoms with Crippen LogP contribution in [-0.4, -0.2) is 24.5 Å². The standard InChI is InChI=1S/C15H22N2/c1-11-8-13(3)15(9-12(11)2)6-7-17(5)14(4)10-16/h8-9,14H,6-7H2,1-5H3.